The normalized spacial score (nSPS) is 20.4. The molecule has 3 heterocycles. The van der Waals surface area contributed by atoms with E-state index in [1.165, 1.54) is 88.1 Å². The Hall–Kier alpha value is -5.25. The van der Waals surface area contributed by atoms with Crippen LogP contribution in [0, 0.1) is 0 Å². The molecule has 4 aromatic carbocycles. The SMILES string of the molecule is C1=CCCC(n2c3c(c4cc(-c5ccc6c(c5)c5cc(C7=CC=CC8c9ccccc9SC78)ccc5n6C5=CC=CCC5)ccc42)C=CCC3)=C1. The van der Waals surface area contributed by atoms with Gasteiger partial charge in [-0.3, -0.25) is 0 Å². The Kier molecular flexibility index (Phi) is 6.73. The predicted octanol–water partition coefficient (Wildman–Crippen LogP) is 13.0. The standard InChI is InChI=1S/C48H38N2S/c1-3-12-34(13-4-1)49-43-20-9-7-16-37(43)40-28-31(22-25-44(40)49)32-23-26-45-41(29-32)42-30-33(24-27-46(42)50(45)35-14-5-2-6-15-35)36-18-11-19-39-38-17-8-10-21-47(38)51-48(36)39/h1-3,5,7-8,10-12,14,16-19,21-30,39,48H,4,6,9,13,15,20H2. The molecular weight excluding hydrogens is 637 g/mol. The largest absolute Gasteiger partial charge is 0.317 e. The third kappa shape index (κ3) is 4.57. The molecule has 0 spiro atoms. The van der Waals surface area contributed by atoms with E-state index in [1.807, 2.05) is 11.8 Å². The van der Waals surface area contributed by atoms with Crippen LogP contribution < -0.4 is 0 Å². The second-order valence-electron chi connectivity index (χ2n) is 14.5. The maximum Gasteiger partial charge on any atom is 0.0538 e. The molecule has 0 radical (unpaired) electrons. The van der Waals surface area contributed by atoms with Crippen molar-refractivity contribution in [1.82, 2.24) is 9.13 Å². The second-order valence-corrected chi connectivity index (χ2v) is 15.7. The van der Waals surface area contributed by atoms with Crippen LogP contribution in [0.15, 0.2) is 145 Å². The molecule has 2 atom stereocenters. The Labute approximate surface area is 303 Å². The van der Waals surface area contributed by atoms with Crippen molar-refractivity contribution in [2.45, 2.75) is 54.6 Å². The number of aromatic nitrogens is 2. The molecule has 2 unspecified atom stereocenters. The summed E-state index contributed by atoms with van der Waals surface area (Å²) in [6.07, 6.45) is 31.9. The molecule has 3 heteroatoms. The molecule has 6 aromatic rings. The van der Waals surface area contributed by atoms with Gasteiger partial charge in [0.15, 0.2) is 0 Å². The van der Waals surface area contributed by atoms with Gasteiger partial charge < -0.3 is 9.13 Å². The van der Waals surface area contributed by atoms with Crippen molar-refractivity contribution in [2.24, 2.45) is 0 Å². The smallest absolute Gasteiger partial charge is 0.0538 e. The number of thioether (sulfide) groups is 1. The third-order valence-corrected chi connectivity index (χ3v) is 13.1. The fourth-order valence-electron chi connectivity index (χ4n) is 9.31. The van der Waals surface area contributed by atoms with Gasteiger partial charge in [0.05, 0.1) is 16.6 Å². The van der Waals surface area contributed by atoms with E-state index < -0.39 is 0 Å². The summed E-state index contributed by atoms with van der Waals surface area (Å²) in [5, 5.41) is 4.42. The van der Waals surface area contributed by atoms with Gasteiger partial charge in [-0.2, -0.15) is 0 Å². The Balaban J connectivity index is 1.08. The van der Waals surface area contributed by atoms with E-state index in [2.05, 4.69) is 155 Å². The number of hydrogen-bond acceptors (Lipinski definition) is 1. The van der Waals surface area contributed by atoms with Crippen LogP contribution in [0.2, 0.25) is 0 Å². The first-order valence-corrected chi connectivity index (χ1v) is 19.5. The van der Waals surface area contributed by atoms with E-state index in [1.54, 1.807) is 0 Å². The number of fused-ring (bicyclic) bond motifs is 9. The molecule has 0 N–H and O–H groups in total. The maximum absolute atomic E-state index is 2.56. The molecule has 0 saturated carbocycles. The van der Waals surface area contributed by atoms with E-state index in [4.69, 9.17) is 0 Å². The third-order valence-electron chi connectivity index (χ3n) is 11.7. The number of benzene rings is 4. The Bertz CT molecular complexity index is 2680. The first-order chi connectivity index (χ1) is 25.3. The Morgan fingerprint density at radius 1 is 0.569 bits per heavy atom. The lowest BCUT2D eigenvalue weighted by atomic mass is 9.85. The maximum atomic E-state index is 2.56. The molecular formula is C48H38N2S. The molecule has 1 aliphatic heterocycles. The van der Waals surface area contributed by atoms with Gasteiger partial charge in [-0.15, -0.1) is 11.8 Å². The van der Waals surface area contributed by atoms with E-state index in [9.17, 15) is 0 Å². The lowest BCUT2D eigenvalue weighted by Gasteiger charge is -2.23. The summed E-state index contributed by atoms with van der Waals surface area (Å²) < 4.78 is 5.09. The van der Waals surface area contributed by atoms with E-state index in [-0.39, 0.29) is 0 Å². The highest BCUT2D eigenvalue weighted by atomic mass is 32.2. The summed E-state index contributed by atoms with van der Waals surface area (Å²) in [7, 11) is 0. The molecule has 0 fully saturated rings. The molecule has 5 aliphatic rings. The minimum atomic E-state index is 0.402. The highest BCUT2D eigenvalue weighted by Crippen LogP contribution is 2.53. The van der Waals surface area contributed by atoms with Crippen molar-refractivity contribution >= 4 is 67.5 Å². The highest BCUT2D eigenvalue weighted by molar-refractivity contribution is 8.00. The van der Waals surface area contributed by atoms with E-state index in [0.717, 1.165) is 38.5 Å². The fraction of sp³-hybridized carbons (Fsp3) is 0.167. The van der Waals surface area contributed by atoms with Gasteiger partial charge in [0.2, 0.25) is 0 Å². The molecule has 4 aliphatic carbocycles. The lowest BCUT2D eigenvalue weighted by molar-refractivity contribution is 0.863. The zero-order valence-electron chi connectivity index (χ0n) is 28.6. The van der Waals surface area contributed by atoms with Gasteiger partial charge >= 0.3 is 0 Å². The summed E-state index contributed by atoms with van der Waals surface area (Å²) in [4.78, 5) is 1.42. The summed E-state index contributed by atoms with van der Waals surface area (Å²) >= 11 is 2.03. The van der Waals surface area contributed by atoms with Crippen LogP contribution in [0.3, 0.4) is 0 Å². The van der Waals surface area contributed by atoms with E-state index >= 15 is 0 Å². The molecule has 0 bridgehead atoms. The quantitative estimate of drug-likeness (QED) is 0.181. The average Bonchev–Trinajstić information content (AvgIpc) is 3.85. The highest BCUT2D eigenvalue weighted by Gasteiger charge is 2.36. The van der Waals surface area contributed by atoms with Crippen molar-refractivity contribution in [2.75, 3.05) is 0 Å². The van der Waals surface area contributed by atoms with Crippen LogP contribution in [0.4, 0.5) is 0 Å². The molecule has 2 nitrogen and oxygen atoms in total. The summed E-state index contributed by atoms with van der Waals surface area (Å²) in [6.45, 7) is 0. The van der Waals surface area contributed by atoms with Crippen molar-refractivity contribution in [1.29, 1.82) is 0 Å². The molecule has 51 heavy (non-hydrogen) atoms. The molecule has 11 rings (SSSR count). The molecule has 246 valence electrons. The van der Waals surface area contributed by atoms with Gasteiger partial charge in [-0.05, 0) is 121 Å². The van der Waals surface area contributed by atoms with Gasteiger partial charge in [-0.25, -0.2) is 0 Å². The number of hydrogen-bond donors (Lipinski definition) is 0. The number of rotatable bonds is 4. The van der Waals surface area contributed by atoms with Gasteiger partial charge in [-0.1, -0.05) is 91.1 Å². The minimum Gasteiger partial charge on any atom is -0.317 e. The van der Waals surface area contributed by atoms with Crippen LogP contribution >= 0.6 is 11.8 Å². The van der Waals surface area contributed by atoms with Crippen molar-refractivity contribution in [3.63, 3.8) is 0 Å². The fourth-order valence-corrected chi connectivity index (χ4v) is 10.8. The van der Waals surface area contributed by atoms with Crippen LogP contribution in [-0.2, 0) is 6.42 Å². The van der Waals surface area contributed by atoms with Crippen LogP contribution in [0.1, 0.15) is 60.4 Å². The van der Waals surface area contributed by atoms with Crippen LogP contribution in [0.25, 0.3) is 66.9 Å². The second kappa shape index (κ2) is 11.6. The molecule has 0 saturated heterocycles. The Morgan fingerprint density at radius 2 is 1.22 bits per heavy atom. The summed E-state index contributed by atoms with van der Waals surface area (Å²) in [5.74, 6) is 0.422. The molecule has 0 amide bonds. The topological polar surface area (TPSA) is 9.86 Å². The first kappa shape index (κ1) is 29.5. The zero-order valence-corrected chi connectivity index (χ0v) is 29.4. The van der Waals surface area contributed by atoms with Gasteiger partial charge in [0.25, 0.3) is 0 Å². The van der Waals surface area contributed by atoms with Gasteiger partial charge in [0, 0.05) is 54.9 Å². The monoisotopic (exact) mass is 674 g/mol. The lowest BCUT2D eigenvalue weighted by Crippen LogP contribution is -2.13. The zero-order chi connectivity index (χ0) is 33.5. The van der Waals surface area contributed by atoms with Crippen molar-refractivity contribution in [3.8, 4) is 11.1 Å². The predicted molar refractivity (Wildman–Crippen MR) is 219 cm³/mol. The van der Waals surface area contributed by atoms with Crippen LogP contribution in [0.5, 0.6) is 0 Å². The summed E-state index contributed by atoms with van der Waals surface area (Å²) in [5.41, 5.74) is 16.3. The van der Waals surface area contributed by atoms with Crippen molar-refractivity contribution < 1.29 is 0 Å². The van der Waals surface area contributed by atoms with Gasteiger partial charge in [0.1, 0.15) is 0 Å². The van der Waals surface area contributed by atoms with E-state index in [0.29, 0.717) is 11.2 Å². The van der Waals surface area contributed by atoms with Crippen molar-refractivity contribution in [3.05, 3.63) is 162 Å². The van der Waals surface area contributed by atoms with Crippen LogP contribution in [-0.4, -0.2) is 14.4 Å². The number of nitrogens with zero attached hydrogens (tertiary/aromatic N) is 2. The number of allylic oxidation sites excluding steroid dienone is 12. The average molecular weight is 675 g/mol. The Morgan fingerprint density at radius 3 is 1.96 bits per heavy atom. The minimum absolute atomic E-state index is 0.402. The summed E-state index contributed by atoms with van der Waals surface area (Å²) in [6, 6.07) is 30.6. The molecule has 2 aromatic heterocycles. The first-order valence-electron chi connectivity index (χ1n) is 18.6.